The van der Waals surface area contributed by atoms with E-state index < -0.39 is 5.54 Å². The average molecular weight is 307 g/mol. The van der Waals surface area contributed by atoms with Crippen molar-refractivity contribution in [2.75, 3.05) is 13.2 Å². The molecule has 1 rings (SSSR count). The quantitative estimate of drug-likeness (QED) is 0.549. The molecular formula is C19H33NO2. The van der Waals surface area contributed by atoms with Crippen molar-refractivity contribution < 1.29 is 10.2 Å². The molecule has 0 aromatic heterocycles. The lowest BCUT2D eigenvalue weighted by Gasteiger charge is -2.32. The molecule has 0 saturated heterocycles. The fourth-order valence-electron chi connectivity index (χ4n) is 2.78. The molecule has 1 atom stereocenters. The second-order valence-corrected chi connectivity index (χ2v) is 6.53. The van der Waals surface area contributed by atoms with Crippen molar-refractivity contribution in [3.63, 3.8) is 0 Å². The minimum absolute atomic E-state index is 0.0768. The van der Waals surface area contributed by atoms with E-state index in [4.69, 9.17) is 5.73 Å². The van der Waals surface area contributed by atoms with Gasteiger partial charge in [-0.3, -0.25) is 0 Å². The van der Waals surface area contributed by atoms with Crippen molar-refractivity contribution in [3.8, 4) is 0 Å². The molecule has 1 aromatic carbocycles. The van der Waals surface area contributed by atoms with Crippen LogP contribution in [-0.2, 0) is 6.42 Å². The van der Waals surface area contributed by atoms with Crippen molar-refractivity contribution in [3.05, 3.63) is 35.4 Å². The van der Waals surface area contributed by atoms with Gasteiger partial charge in [-0.05, 0) is 24.0 Å². The first-order valence-corrected chi connectivity index (χ1v) is 8.66. The van der Waals surface area contributed by atoms with Gasteiger partial charge in [-0.25, -0.2) is 0 Å². The molecule has 0 spiro atoms. The van der Waals surface area contributed by atoms with Gasteiger partial charge in [0, 0.05) is 5.92 Å². The first-order valence-electron chi connectivity index (χ1n) is 8.66. The maximum atomic E-state index is 9.45. The van der Waals surface area contributed by atoms with Gasteiger partial charge in [0.2, 0.25) is 0 Å². The van der Waals surface area contributed by atoms with Crippen molar-refractivity contribution in [2.45, 2.75) is 70.3 Å². The number of nitrogens with two attached hydrogens (primary N) is 1. The van der Waals surface area contributed by atoms with Gasteiger partial charge in [-0.15, -0.1) is 0 Å². The zero-order valence-electron chi connectivity index (χ0n) is 14.2. The van der Waals surface area contributed by atoms with Crippen molar-refractivity contribution in [1.29, 1.82) is 0 Å². The molecule has 3 heteroatoms. The number of unbranched alkanes of at least 4 members (excludes halogenated alkanes) is 5. The molecule has 0 aliphatic carbocycles. The molecule has 0 amide bonds. The van der Waals surface area contributed by atoms with Crippen LogP contribution in [0.25, 0.3) is 0 Å². The topological polar surface area (TPSA) is 66.5 Å². The summed E-state index contributed by atoms with van der Waals surface area (Å²) in [7, 11) is 0. The second-order valence-electron chi connectivity index (χ2n) is 6.53. The normalized spacial score (nSPS) is 13.3. The Labute approximate surface area is 135 Å². The smallest absolute Gasteiger partial charge is 0.0689 e. The van der Waals surface area contributed by atoms with E-state index >= 15 is 0 Å². The number of hydrogen-bond acceptors (Lipinski definition) is 3. The summed E-state index contributed by atoms with van der Waals surface area (Å²) < 4.78 is 0. The van der Waals surface area contributed by atoms with Gasteiger partial charge in [0.05, 0.1) is 18.8 Å². The monoisotopic (exact) mass is 307 g/mol. The van der Waals surface area contributed by atoms with E-state index in [1.165, 1.54) is 44.1 Å². The van der Waals surface area contributed by atoms with Crippen LogP contribution in [0.2, 0.25) is 0 Å². The van der Waals surface area contributed by atoms with Gasteiger partial charge in [-0.1, -0.05) is 70.2 Å². The van der Waals surface area contributed by atoms with Crippen LogP contribution < -0.4 is 5.73 Å². The van der Waals surface area contributed by atoms with Crippen LogP contribution in [0.1, 0.15) is 69.4 Å². The predicted octanol–water partition coefficient (Wildman–Crippen LogP) is 3.38. The number of rotatable bonds is 11. The SMILES string of the molecule is CCCCCCCCc1cccc(C(C)C(N)(CO)CO)c1. The second kappa shape index (κ2) is 9.98. The predicted molar refractivity (Wildman–Crippen MR) is 93.0 cm³/mol. The minimum atomic E-state index is -0.960. The molecular weight excluding hydrogens is 274 g/mol. The Kier molecular flexibility index (Phi) is 8.69. The highest BCUT2D eigenvalue weighted by molar-refractivity contribution is 5.29. The molecule has 0 saturated carbocycles. The first-order chi connectivity index (χ1) is 10.6. The highest BCUT2D eigenvalue weighted by Crippen LogP contribution is 2.26. The Morgan fingerprint density at radius 1 is 1.05 bits per heavy atom. The zero-order valence-corrected chi connectivity index (χ0v) is 14.2. The number of aliphatic hydroxyl groups excluding tert-OH is 2. The van der Waals surface area contributed by atoms with Gasteiger partial charge < -0.3 is 15.9 Å². The lowest BCUT2D eigenvalue weighted by Crippen LogP contribution is -2.51. The van der Waals surface area contributed by atoms with Gasteiger partial charge in [0.15, 0.2) is 0 Å². The molecule has 0 radical (unpaired) electrons. The van der Waals surface area contributed by atoms with Crippen LogP contribution in [0.4, 0.5) is 0 Å². The Bertz CT molecular complexity index is 416. The van der Waals surface area contributed by atoms with Gasteiger partial charge in [0.25, 0.3) is 0 Å². The highest BCUT2D eigenvalue weighted by atomic mass is 16.3. The van der Waals surface area contributed by atoms with Gasteiger partial charge in [-0.2, -0.15) is 0 Å². The maximum Gasteiger partial charge on any atom is 0.0689 e. The van der Waals surface area contributed by atoms with Crippen molar-refractivity contribution >= 4 is 0 Å². The average Bonchev–Trinajstić information content (AvgIpc) is 2.57. The van der Waals surface area contributed by atoms with E-state index in [0.717, 1.165) is 12.0 Å². The lowest BCUT2D eigenvalue weighted by atomic mass is 9.81. The Hall–Kier alpha value is -0.900. The summed E-state index contributed by atoms with van der Waals surface area (Å²) in [4.78, 5) is 0. The Morgan fingerprint density at radius 3 is 2.32 bits per heavy atom. The third-order valence-electron chi connectivity index (χ3n) is 4.72. The van der Waals surface area contributed by atoms with E-state index in [2.05, 4.69) is 19.1 Å². The highest BCUT2D eigenvalue weighted by Gasteiger charge is 2.31. The molecule has 126 valence electrons. The molecule has 3 nitrogen and oxygen atoms in total. The number of hydrogen-bond donors (Lipinski definition) is 3. The molecule has 0 aliphatic rings. The van der Waals surface area contributed by atoms with Crippen LogP contribution >= 0.6 is 0 Å². The summed E-state index contributed by atoms with van der Waals surface area (Å²) in [6.07, 6.45) is 8.89. The van der Waals surface area contributed by atoms with E-state index in [1.54, 1.807) is 0 Å². The van der Waals surface area contributed by atoms with Gasteiger partial charge in [0.1, 0.15) is 0 Å². The van der Waals surface area contributed by atoms with Crippen LogP contribution in [-0.4, -0.2) is 29.0 Å². The van der Waals surface area contributed by atoms with E-state index in [1.807, 2.05) is 19.1 Å². The summed E-state index contributed by atoms with van der Waals surface area (Å²) in [6.45, 7) is 3.78. The van der Waals surface area contributed by atoms with E-state index in [0.29, 0.717) is 0 Å². The first kappa shape index (κ1) is 19.1. The molecule has 22 heavy (non-hydrogen) atoms. The van der Waals surface area contributed by atoms with E-state index in [-0.39, 0.29) is 19.1 Å². The molecule has 1 unspecified atom stereocenters. The molecule has 0 aliphatic heterocycles. The fourth-order valence-corrected chi connectivity index (χ4v) is 2.78. The summed E-state index contributed by atoms with van der Waals surface area (Å²) in [5.74, 6) is -0.0768. The summed E-state index contributed by atoms with van der Waals surface area (Å²) in [6, 6.07) is 8.40. The van der Waals surface area contributed by atoms with Gasteiger partial charge >= 0.3 is 0 Å². The molecule has 0 heterocycles. The van der Waals surface area contributed by atoms with E-state index in [9.17, 15) is 10.2 Å². The zero-order chi connectivity index (χ0) is 16.4. The molecule has 0 bridgehead atoms. The third-order valence-corrected chi connectivity index (χ3v) is 4.72. The minimum Gasteiger partial charge on any atom is -0.394 e. The van der Waals surface area contributed by atoms with Crippen LogP contribution in [0.15, 0.2) is 24.3 Å². The number of aliphatic hydroxyl groups is 2. The lowest BCUT2D eigenvalue weighted by molar-refractivity contribution is 0.104. The van der Waals surface area contributed by atoms with Crippen molar-refractivity contribution in [1.82, 2.24) is 0 Å². The van der Waals surface area contributed by atoms with Crippen LogP contribution in [0, 0.1) is 0 Å². The number of aryl methyl sites for hydroxylation is 1. The standard InChI is InChI=1S/C19H33NO2/c1-3-4-5-6-7-8-10-17-11-9-12-18(13-17)16(2)19(20,14-21)15-22/h9,11-13,16,21-22H,3-8,10,14-15,20H2,1-2H3. The Morgan fingerprint density at radius 2 is 1.68 bits per heavy atom. The third kappa shape index (κ3) is 5.71. The molecule has 1 aromatic rings. The fraction of sp³-hybridized carbons (Fsp3) is 0.684. The summed E-state index contributed by atoms with van der Waals surface area (Å²) >= 11 is 0. The summed E-state index contributed by atoms with van der Waals surface area (Å²) in [5.41, 5.74) is 7.54. The van der Waals surface area contributed by atoms with Crippen LogP contribution in [0.5, 0.6) is 0 Å². The van der Waals surface area contributed by atoms with Crippen LogP contribution in [0.3, 0.4) is 0 Å². The summed E-state index contributed by atoms with van der Waals surface area (Å²) in [5, 5.41) is 18.9. The molecule has 4 N–H and O–H groups in total. The maximum absolute atomic E-state index is 9.45. The largest absolute Gasteiger partial charge is 0.394 e. The Balaban J connectivity index is 2.55. The number of benzene rings is 1. The molecule has 0 fully saturated rings. The van der Waals surface area contributed by atoms with Crippen molar-refractivity contribution in [2.24, 2.45) is 5.73 Å².